The lowest BCUT2D eigenvalue weighted by molar-refractivity contribution is 1.43. The summed E-state index contributed by atoms with van der Waals surface area (Å²) in [5, 5.41) is 4.88. The summed E-state index contributed by atoms with van der Waals surface area (Å²) in [7, 11) is 0. The molecule has 0 saturated carbocycles. The van der Waals surface area contributed by atoms with Crippen LogP contribution in [0.15, 0.2) is 114 Å². The Bertz CT molecular complexity index is 1440. The number of halogens is 1. The fourth-order valence-corrected chi connectivity index (χ4v) is 4.15. The largest absolute Gasteiger partial charge is 0.0991 e. The minimum absolute atomic E-state index is 1.09. The number of aryl methyl sites for hydroxylation is 1. The number of allylic oxidation sites excluding steroid dienone is 10. The van der Waals surface area contributed by atoms with Gasteiger partial charge in [0.1, 0.15) is 0 Å². The first-order valence-electron chi connectivity index (χ1n) is 10.7. The molecule has 32 heavy (non-hydrogen) atoms. The SMILES string of the molecule is C=C/C=C\c1cc(C2=C/C=c3/ccc4cc(Br)ccc4/c3=C/C=C/C=C/C=C\2)ccc1C. The van der Waals surface area contributed by atoms with Gasteiger partial charge in [-0.1, -0.05) is 126 Å². The van der Waals surface area contributed by atoms with Crippen LogP contribution in [-0.2, 0) is 0 Å². The molecule has 0 heterocycles. The summed E-state index contributed by atoms with van der Waals surface area (Å²) < 4.78 is 1.09. The van der Waals surface area contributed by atoms with Crippen LogP contribution in [0.3, 0.4) is 0 Å². The average molecular weight is 477 g/mol. The highest BCUT2D eigenvalue weighted by Crippen LogP contribution is 2.22. The third kappa shape index (κ3) is 5.07. The lowest BCUT2D eigenvalue weighted by Gasteiger charge is -2.07. The summed E-state index contributed by atoms with van der Waals surface area (Å²) in [6, 6.07) is 17.4. The van der Waals surface area contributed by atoms with Gasteiger partial charge in [-0.3, -0.25) is 0 Å². The van der Waals surface area contributed by atoms with Gasteiger partial charge < -0.3 is 0 Å². The molecule has 0 fully saturated rings. The van der Waals surface area contributed by atoms with Gasteiger partial charge in [0.25, 0.3) is 0 Å². The summed E-state index contributed by atoms with van der Waals surface area (Å²) in [5.74, 6) is 0. The second kappa shape index (κ2) is 10.3. The van der Waals surface area contributed by atoms with Crippen LogP contribution in [0.25, 0.3) is 34.6 Å². The Balaban J connectivity index is 1.93. The Morgan fingerprint density at radius 3 is 2.53 bits per heavy atom. The molecule has 1 heteroatoms. The average Bonchev–Trinajstić information content (AvgIpc) is 2.79. The molecule has 0 unspecified atom stereocenters. The summed E-state index contributed by atoms with van der Waals surface area (Å²) in [5.41, 5.74) is 4.79. The molecule has 0 radical (unpaired) electrons. The third-order valence-electron chi connectivity index (χ3n) is 5.51. The van der Waals surface area contributed by atoms with Gasteiger partial charge in [0.15, 0.2) is 0 Å². The molecule has 3 aromatic rings. The fraction of sp³-hybridized carbons (Fsp3) is 0.0323. The maximum atomic E-state index is 3.79. The first-order chi connectivity index (χ1) is 15.7. The zero-order valence-corrected chi connectivity index (χ0v) is 19.7. The minimum Gasteiger partial charge on any atom is -0.0991 e. The van der Waals surface area contributed by atoms with E-state index in [2.05, 4.69) is 139 Å². The number of benzene rings is 3. The van der Waals surface area contributed by atoms with E-state index in [-0.39, 0.29) is 0 Å². The van der Waals surface area contributed by atoms with E-state index in [1.165, 1.54) is 37.9 Å². The van der Waals surface area contributed by atoms with E-state index >= 15 is 0 Å². The van der Waals surface area contributed by atoms with Crippen molar-refractivity contribution in [3.05, 3.63) is 141 Å². The Morgan fingerprint density at radius 1 is 0.812 bits per heavy atom. The molecule has 1 aliphatic rings. The zero-order valence-electron chi connectivity index (χ0n) is 18.1. The van der Waals surface area contributed by atoms with Gasteiger partial charge in [0, 0.05) is 4.47 Å². The van der Waals surface area contributed by atoms with Crippen LogP contribution in [0.2, 0.25) is 0 Å². The lowest BCUT2D eigenvalue weighted by Crippen LogP contribution is -2.24. The van der Waals surface area contributed by atoms with Crippen molar-refractivity contribution in [2.24, 2.45) is 0 Å². The van der Waals surface area contributed by atoms with Crippen molar-refractivity contribution in [1.82, 2.24) is 0 Å². The van der Waals surface area contributed by atoms with E-state index in [9.17, 15) is 0 Å². The summed E-state index contributed by atoms with van der Waals surface area (Å²) in [6.45, 7) is 5.92. The van der Waals surface area contributed by atoms with Crippen molar-refractivity contribution < 1.29 is 0 Å². The Kier molecular flexibility index (Phi) is 6.99. The predicted molar refractivity (Wildman–Crippen MR) is 146 cm³/mol. The van der Waals surface area contributed by atoms with Crippen LogP contribution in [-0.4, -0.2) is 0 Å². The Hall–Kier alpha value is -3.42. The predicted octanol–water partition coefficient (Wildman–Crippen LogP) is 7.44. The van der Waals surface area contributed by atoms with Crippen molar-refractivity contribution in [3.8, 4) is 0 Å². The molecule has 3 aromatic carbocycles. The zero-order chi connectivity index (χ0) is 22.3. The van der Waals surface area contributed by atoms with Crippen molar-refractivity contribution in [3.63, 3.8) is 0 Å². The molecule has 0 atom stereocenters. The van der Waals surface area contributed by atoms with Crippen LogP contribution < -0.4 is 10.4 Å². The van der Waals surface area contributed by atoms with Crippen LogP contribution in [0.5, 0.6) is 0 Å². The van der Waals surface area contributed by atoms with Crippen molar-refractivity contribution in [1.29, 1.82) is 0 Å². The van der Waals surface area contributed by atoms with E-state index in [0.29, 0.717) is 0 Å². The fourth-order valence-electron chi connectivity index (χ4n) is 3.78. The van der Waals surface area contributed by atoms with Crippen molar-refractivity contribution >= 4 is 50.5 Å². The quantitative estimate of drug-likeness (QED) is 0.344. The normalized spacial score (nSPS) is 20.4. The first kappa shape index (κ1) is 21.8. The molecule has 1 aliphatic carbocycles. The van der Waals surface area contributed by atoms with E-state index in [1.807, 2.05) is 12.2 Å². The van der Waals surface area contributed by atoms with E-state index < -0.39 is 0 Å². The van der Waals surface area contributed by atoms with Gasteiger partial charge >= 0.3 is 0 Å². The molecular formula is C31H25Br. The van der Waals surface area contributed by atoms with Gasteiger partial charge in [0.2, 0.25) is 0 Å². The molecule has 0 amide bonds. The van der Waals surface area contributed by atoms with Gasteiger partial charge in [0.05, 0.1) is 0 Å². The van der Waals surface area contributed by atoms with Gasteiger partial charge in [-0.2, -0.15) is 0 Å². The minimum atomic E-state index is 1.09. The standard InChI is InChI=1S/C31H25Br/c1-3-4-10-26-21-27(14-13-23(26)2)24-11-8-6-5-7-9-12-30-25(16-15-24)17-18-28-22-29(32)19-20-31(28)30/h3-22H,1H2,2H3/b6-5+,7-5?,8-6?,9-7+,10-4-,11-8-,12-9?,16-15?,24-11?,24-15+,25-16-,30-12+. The first-order valence-corrected chi connectivity index (χ1v) is 11.5. The summed E-state index contributed by atoms with van der Waals surface area (Å²) >= 11 is 3.59. The number of hydrogen-bond donors (Lipinski definition) is 0. The third-order valence-corrected chi connectivity index (χ3v) is 6.00. The van der Waals surface area contributed by atoms with Crippen LogP contribution >= 0.6 is 15.9 Å². The summed E-state index contributed by atoms with van der Waals surface area (Å²) in [6.07, 6.45) is 25.0. The Morgan fingerprint density at radius 2 is 1.66 bits per heavy atom. The molecular weight excluding hydrogens is 452 g/mol. The van der Waals surface area contributed by atoms with E-state index in [1.54, 1.807) is 0 Å². The maximum absolute atomic E-state index is 3.79. The van der Waals surface area contributed by atoms with Gasteiger partial charge in [-0.25, -0.2) is 0 Å². The Labute approximate surface area is 198 Å². The topological polar surface area (TPSA) is 0 Å². The van der Waals surface area contributed by atoms with Gasteiger partial charge in [-0.15, -0.1) is 0 Å². The molecule has 0 N–H and O–H groups in total. The summed E-state index contributed by atoms with van der Waals surface area (Å²) in [4.78, 5) is 0. The number of hydrogen-bond acceptors (Lipinski definition) is 0. The molecule has 0 aliphatic heterocycles. The van der Waals surface area contributed by atoms with Crippen molar-refractivity contribution in [2.45, 2.75) is 6.92 Å². The highest BCUT2D eigenvalue weighted by molar-refractivity contribution is 9.10. The second-order valence-corrected chi connectivity index (χ2v) is 8.60. The number of fused-ring (bicyclic) bond motifs is 3. The molecule has 0 nitrogen and oxygen atoms in total. The smallest absolute Gasteiger partial charge is 0.0181 e. The highest BCUT2D eigenvalue weighted by Gasteiger charge is 2.02. The molecule has 0 saturated heterocycles. The van der Waals surface area contributed by atoms with Crippen LogP contribution in [0, 0.1) is 6.92 Å². The molecule has 156 valence electrons. The van der Waals surface area contributed by atoms with E-state index in [4.69, 9.17) is 0 Å². The van der Waals surface area contributed by atoms with E-state index in [0.717, 1.165) is 10.0 Å². The van der Waals surface area contributed by atoms with Crippen molar-refractivity contribution in [2.75, 3.05) is 0 Å². The molecule has 0 bridgehead atoms. The van der Waals surface area contributed by atoms with Gasteiger partial charge in [-0.05, 0) is 68.6 Å². The highest BCUT2D eigenvalue weighted by atomic mass is 79.9. The maximum Gasteiger partial charge on any atom is 0.0181 e. The monoisotopic (exact) mass is 476 g/mol. The van der Waals surface area contributed by atoms with Crippen LogP contribution in [0.4, 0.5) is 0 Å². The lowest BCUT2D eigenvalue weighted by atomic mass is 9.98. The number of rotatable bonds is 3. The molecule has 0 spiro atoms. The second-order valence-electron chi connectivity index (χ2n) is 7.68. The van der Waals surface area contributed by atoms with Crippen LogP contribution in [0.1, 0.15) is 16.7 Å². The molecule has 0 aromatic heterocycles. The molecule has 4 rings (SSSR count).